The second-order valence-corrected chi connectivity index (χ2v) is 8.90. The average Bonchev–Trinajstić information content (AvgIpc) is 2.84. The van der Waals surface area contributed by atoms with Crippen molar-refractivity contribution in [2.45, 2.75) is 26.4 Å². The normalized spacial score (nSPS) is 10.7. The van der Waals surface area contributed by atoms with Gasteiger partial charge in [-0.1, -0.05) is 41.9 Å². The molecule has 0 bridgehead atoms. The standard InChI is InChI=1S/C26H25BrClN3O4/c1-17-5-3-4-6-22(17)30-24(32)11-12-25(33)31-29-15-19-13-21(27)26(23(14-19)34-2)35-16-18-7-9-20(28)10-8-18/h3-10,13-15H,11-12,16H2,1-2H3,(H,30,32)(H,31,33). The van der Waals surface area contributed by atoms with Crippen molar-refractivity contribution in [3.63, 3.8) is 0 Å². The maximum Gasteiger partial charge on any atom is 0.240 e. The summed E-state index contributed by atoms with van der Waals surface area (Å²) in [7, 11) is 1.54. The van der Waals surface area contributed by atoms with E-state index in [2.05, 4.69) is 31.8 Å². The van der Waals surface area contributed by atoms with Crippen molar-refractivity contribution >= 4 is 51.2 Å². The summed E-state index contributed by atoms with van der Waals surface area (Å²) in [6, 6.07) is 18.4. The summed E-state index contributed by atoms with van der Waals surface area (Å²) in [5.41, 5.74) is 5.77. The smallest absolute Gasteiger partial charge is 0.240 e. The fraction of sp³-hybridized carbons (Fsp3) is 0.192. The molecule has 3 aromatic rings. The van der Waals surface area contributed by atoms with Crippen LogP contribution < -0.4 is 20.2 Å². The minimum atomic E-state index is -0.366. The van der Waals surface area contributed by atoms with Crippen molar-refractivity contribution in [2.24, 2.45) is 5.10 Å². The lowest BCUT2D eigenvalue weighted by molar-refractivity contribution is -0.124. The first-order valence-corrected chi connectivity index (χ1v) is 11.9. The van der Waals surface area contributed by atoms with Crippen LogP contribution in [0.2, 0.25) is 5.02 Å². The first-order chi connectivity index (χ1) is 16.9. The second kappa shape index (κ2) is 12.9. The number of rotatable bonds is 10. The molecule has 0 aliphatic rings. The van der Waals surface area contributed by atoms with E-state index in [0.29, 0.717) is 33.2 Å². The molecule has 0 aliphatic carbocycles. The lowest BCUT2D eigenvalue weighted by Gasteiger charge is -2.13. The minimum absolute atomic E-state index is 0.0134. The molecule has 3 aromatic carbocycles. The van der Waals surface area contributed by atoms with Crippen LogP contribution in [0.15, 0.2) is 70.2 Å². The fourth-order valence-electron chi connectivity index (χ4n) is 3.08. The molecule has 7 nitrogen and oxygen atoms in total. The molecule has 0 saturated heterocycles. The van der Waals surface area contributed by atoms with Gasteiger partial charge in [0.2, 0.25) is 11.8 Å². The van der Waals surface area contributed by atoms with Crippen molar-refractivity contribution in [2.75, 3.05) is 12.4 Å². The van der Waals surface area contributed by atoms with Crippen molar-refractivity contribution in [3.05, 3.63) is 86.8 Å². The van der Waals surface area contributed by atoms with E-state index in [9.17, 15) is 9.59 Å². The summed E-state index contributed by atoms with van der Waals surface area (Å²) in [5, 5.41) is 7.44. The first-order valence-electron chi connectivity index (χ1n) is 10.8. The Labute approximate surface area is 217 Å². The molecular weight excluding hydrogens is 534 g/mol. The van der Waals surface area contributed by atoms with E-state index in [1.54, 1.807) is 31.4 Å². The third-order valence-electron chi connectivity index (χ3n) is 4.95. The molecule has 0 atom stereocenters. The van der Waals surface area contributed by atoms with E-state index in [4.69, 9.17) is 21.1 Å². The Kier molecular flexibility index (Phi) is 9.69. The fourth-order valence-corrected chi connectivity index (χ4v) is 3.78. The summed E-state index contributed by atoms with van der Waals surface area (Å²) in [5.74, 6) is 0.453. The second-order valence-electron chi connectivity index (χ2n) is 7.61. The van der Waals surface area contributed by atoms with Crippen LogP contribution in [-0.4, -0.2) is 25.1 Å². The highest BCUT2D eigenvalue weighted by atomic mass is 79.9. The van der Waals surface area contributed by atoms with E-state index in [1.807, 2.05) is 43.3 Å². The number of hydrogen-bond acceptors (Lipinski definition) is 5. The third kappa shape index (κ3) is 8.12. The van der Waals surface area contributed by atoms with Gasteiger partial charge >= 0.3 is 0 Å². The van der Waals surface area contributed by atoms with Crippen LogP contribution in [0, 0.1) is 6.92 Å². The predicted octanol–water partition coefficient (Wildman–Crippen LogP) is 5.87. The number of para-hydroxylation sites is 1. The quantitative estimate of drug-likeness (QED) is 0.241. The van der Waals surface area contributed by atoms with E-state index in [0.717, 1.165) is 16.8 Å². The number of carbonyl (C=O) groups is 2. The summed E-state index contributed by atoms with van der Waals surface area (Å²) < 4.78 is 12.0. The Bertz CT molecular complexity index is 1220. The molecule has 2 N–H and O–H groups in total. The Morgan fingerprint density at radius 1 is 1.06 bits per heavy atom. The molecule has 0 aromatic heterocycles. The number of carbonyl (C=O) groups excluding carboxylic acids is 2. The molecular formula is C26H25BrClN3O4. The number of amides is 2. The molecule has 0 fully saturated rings. The van der Waals surface area contributed by atoms with Crippen LogP contribution >= 0.6 is 27.5 Å². The number of hydrazone groups is 1. The van der Waals surface area contributed by atoms with Gasteiger partial charge in [-0.3, -0.25) is 9.59 Å². The summed E-state index contributed by atoms with van der Waals surface area (Å²) >= 11 is 9.42. The highest BCUT2D eigenvalue weighted by Gasteiger charge is 2.12. The highest BCUT2D eigenvalue weighted by molar-refractivity contribution is 9.10. The molecule has 0 spiro atoms. The lowest BCUT2D eigenvalue weighted by Crippen LogP contribution is -2.20. The number of hydrogen-bond donors (Lipinski definition) is 2. The highest BCUT2D eigenvalue weighted by Crippen LogP contribution is 2.37. The number of aryl methyl sites for hydroxylation is 1. The zero-order chi connectivity index (χ0) is 25.2. The molecule has 0 radical (unpaired) electrons. The van der Waals surface area contributed by atoms with Gasteiger partial charge in [-0.2, -0.15) is 5.10 Å². The number of halogens is 2. The van der Waals surface area contributed by atoms with Gasteiger partial charge in [-0.15, -0.1) is 0 Å². The largest absolute Gasteiger partial charge is 0.493 e. The summed E-state index contributed by atoms with van der Waals surface area (Å²) in [6.07, 6.45) is 1.55. The monoisotopic (exact) mass is 557 g/mol. The van der Waals surface area contributed by atoms with E-state index < -0.39 is 0 Å². The molecule has 0 aliphatic heterocycles. The number of nitrogens with one attached hydrogen (secondary N) is 2. The molecule has 0 unspecified atom stereocenters. The third-order valence-corrected chi connectivity index (χ3v) is 5.79. The van der Waals surface area contributed by atoms with Crippen molar-refractivity contribution in [1.29, 1.82) is 0 Å². The number of nitrogens with zero attached hydrogens (tertiary/aromatic N) is 1. The summed E-state index contributed by atoms with van der Waals surface area (Å²) in [6.45, 7) is 2.25. The Balaban J connectivity index is 1.52. The van der Waals surface area contributed by atoms with Crippen molar-refractivity contribution in [3.8, 4) is 11.5 Å². The zero-order valence-corrected chi connectivity index (χ0v) is 21.7. The molecule has 3 rings (SSSR count). The van der Waals surface area contributed by atoms with Crippen LogP contribution in [0.3, 0.4) is 0 Å². The van der Waals surface area contributed by atoms with E-state index in [1.165, 1.54) is 6.21 Å². The number of anilines is 1. The van der Waals surface area contributed by atoms with Gasteiger partial charge in [-0.05, 0) is 69.9 Å². The Hall–Kier alpha value is -3.36. The molecule has 35 heavy (non-hydrogen) atoms. The predicted molar refractivity (Wildman–Crippen MR) is 141 cm³/mol. The SMILES string of the molecule is COc1cc(C=NNC(=O)CCC(=O)Nc2ccccc2C)cc(Br)c1OCc1ccc(Cl)cc1. The van der Waals surface area contributed by atoms with Gasteiger partial charge in [0.05, 0.1) is 17.8 Å². The van der Waals surface area contributed by atoms with Crippen molar-refractivity contribution in [1.82, 2.24) is 5.43 Å². The number of benzene rings is 3. The number of ether oxygens (including phenoxy) is 2. The Morgan fingerprint density at radius 2 is 1.77 bits per heavy atom. The van der Waals surface area contributed by atoms with Gasteiger partial charge in [0.15, 0.2) is 11.5 Å². The maximum absolute atomic E-state index is 12.1. The van der Waals surface area contributed by atoms with Gasteiger partial charge < -0.3 is 14.8 Å². The Morgan fingerprint density at radius 3 is 2.49 bits per heavy atom. The van der Waals surface area contributed by atoms with E-state index in [-0.39, 0.29) is 24.7 Å². The average molecular weight is 559 g/mol. The van der Waals surface area contributed by atoms with Crippen molar-refractivity contribution < 1.29 is 19.1 Å². The van der Waals surface area contributed by atoms with Crippen LogP contribution in [0.5, 0.6) is 11.5 Å². The van der Waals surface area contributed by atoms with Crippen LogP contribution in [0.25, 0.3) is 0 Å². The number of methoxy groups -OCH3 is 1. The van der Waals surface area contributed by atoms with Crippen LogP contribution in [0.1, 0.15) is 29.5 Å². The van der Waals surface area contributed by atoms with Gasteiger partial charge in [0.1, 0.15) is 6.61 Å². The van der Waals surface area contributed by atoms with Crippen LogP contribution in [-0.2, 0) is 16.2 Å². The van der Waals surface area contributed by atoms with Gasteiger partial charge in [-0.25, -0.2) is 5.43 Å². The molecule has 9 heteroatoms. The molecule has 0 saturated carbocycles. The molecule has 0 heterocycles. The maximum atomic E-state index is 12.1. The summed E-state index contributed by atoms with van der Waals surface area (Å²) in [4.78, 5) is 24.2. The zero-order valence-electron chi connectivity index (χ0n) is 19.3. The van der Waals surface area contributed by atoms with Crippen LogP contribution in [0.4, 0.5) is 5.69 Å². The van der Waals surface area contributed by atoms with E-state index >= 15 is 0 Å². The molecule has 182 valence electrons. The lowest BCUT2D eigenvalue weighted by atomic mass is 10.2. The first kappa shape index (κ1) is 26.2. The topological polar surface area (TPSA) is 89.0 Å². The molecule has 2 amide bonds. The minimum Gasteiger partial charge on any atom is -0.493 e. The van der Waals surface area contributed by atoms with Gasteiger partial charge in [0, 0.05) is 23.6 Å². The van der Waals surface area contributed by atoms with Gasteiger partial charge in [0.25, 0.3) is 0 Å².